The second-order valence-electron chi connectivity index (χ2n) is 8.24. The van der Waals surface area contributed by atoms with Gasteiger partial charge in [-0.25, -0.2) is 13.6 Å². The SMILES string of the molecule is Cc1ccc(CCC2CCN(C(C)C(=O)Nc3ccc(S(N)(=O)=O)cc3)CC2)cc1. The van der Waals surface area contributed by atoms with Crippen molar-refractivity contribution in [2.45, 2.75) is 50.5 Å². The second kappa shape index (κ2) is 9.73. The van der Waals surface area contributed by atoms with Crippen LogP contribution in [0, 0.1) is 12.8 Å². The molecule has 2 aromatic carbocycles. The molecule has 2 aromatic rings. The number of nitrogens with one attached hydrogen (secondary N) is 1. The van der Waals surface area contributed by atoms with E-state index in [4.69, 9.17) is 5.14 Å². The molecule has 0 aromatic heterocycles. The highest BCUT2D eigenvalue weighted by molar-refractivity contribution is 7.89. The second-order valence-corrected chi connectivity index (χ2v) is 9.80. The highest BCUT2D eigenvalue weighted by Gasteiger charge is 2.26. The number of rotatable bonds is 7. The summed E-state index contributed by atoms with van der Waals surface area (Å²) in [7, 11) is -3.73. The number of anilines is 1. The molecule has 0 spiro atoms. The predicted molar refractivity (Wildman–Crippen MR) is 120 cm³/mol. The van der Waals surface area contributed by atoms with Crippen LogP contribution in [0.25, 0.3) is 0 Å². The van der Waals surface area contributed by atoms with Gasteiger partial charge in [0.25, 0.3) is 0 Å². The molecule has 30 heavy (non-hydrogen) atoms. The lowest BCUT2D eigenvalue weighted by molar-refractivity contribution is -0.121. The summed E-state index contributed by atoms with van der Waals surface area (Å²) in [6.07, 6.45) is 4.50. The number of primary sulfonamides is 1. The maximum Gasteiger partial charge on any atom is 0.241 e. The van der Waals surface area contributed by atoms with E-state index in [-0.39, 0.29) is 16.8 Å². The number of aryl methyl sites for hydroxylation is 2. The van der Waals surface area contributed by atoms with Gasteiger partial charge in [0.15, 0.2) is 0 Å². The van der Waals surface area contributed by atoms with Crippen molar-refractivity contribution in [3.05, 3.63) is 59.7 Å². The molecule has 0 saturated carbocycles. The summed E-state index contributed by atoms with van der Waals surface area (Å²) in [5.74, 6) is 0.611. The van der Waals surface area contributed by atoms with Crippen LogP contribution in [-0.2, 0) is 21.2 Å². The highest BCUT2D eigenvalue weighted by atomic mass is 32.2. The molecule has 1 unspecified atom stereocenters. The molecule has 0 bridgehead atoms. The Morgan fingerprint density at radius 1 is 1.10 bits per heavy atom. The summed E-state index contributed by atoms with van der Waals surface area (Å²) in [5.41, 5.74) is 3.25. The molecule has 1 aliphatic heterocycles. The van der Waals surface area contributed by atoms with Crippen LogP contribution in [0.4, 0.5) is 5.69 Å². The van der Waals surface area contributed by atoms with Gasteiger partial charge in [-0.05, 0) is 88.4 Å². The van der Waals surface area contributed by atoms with E-state index in [0.717, 1.165) is 32.4 Å². The van der Waals surface area contributed by atoms with Crippen LogP contribution in [0.2, 0.25) is 0 Å². The third kappa shape index (κ3) is 6.14. The summed E-state index contributed by atoms with van der Waals surface area (Å²) in [6.45, 7) is 5.85. The lowest BCUT2D eigenvalue weighted by Crippen LogP contribution is -2.46. The lowest BCUT2D eigenvalue weighted by Gasteiger charge is -2.35. The number of hydrogen-bond acceptors (Lipinski definition) is 4. The maximum absolute atomic E-state index is 12.6. The number of piperidine rings is 1. The minimum atomic E-state index is -3.73. The zero-order valence-electron chi connectivity index (χ0n) is 17.7. The van der Waals surface area contributed by atoms with Crippen LogP contribution in [-0.4, -0.2) is 38.4 Å². The van der Waals surface area contributed by atoms with Crippen molar-refractivity contribution in [1.29, 1.82) is 0 Å². The Kier molecular flexibility index (Phi) is 7.28. The van der Waals surface area contributed by atoms with Gasteiger partial charge in [0, 0.05) is 5.69 Å². The number of carbonyl (C=O) groups is 1. The number of amides is 1. The zero-order valence-corrected chi connectivity index (χ0v) is 18.5. The molecule has 1 atom stereocenters. The van der Waals surface area contributed by atoms with Crippen molar-refractivity contribution in [1.82, 2.24) is 4.90 Å². The number of likely N-dealkylation sites (tertiary alicyclic amines) is 1. The van der Waals surface area contributed by atoms with Crippen LogP contribution < -0.4 is 10.5 Å². The zero-order chi connectivity index (χ0) is 21.7. The van der Waals surface area contributed by atoms with Gasteiger partial charge in [-0.2, -0.15) is 0 Å². The first kappa shape index (κ1) is 22.5. The van der Waals surface area contributed by atoms with Gasteiger partial charge in [-0.3, -0.25) is 9.69 Å². The first-order valence-electron chi connectivity index (χ1n) is 10.5. The average Bonchev–Trinajstić information content (AvgIpc) is 2.73. The Balaban J connectivity index is 1.45. The van der Waals surface area contributed by atoms with E-state index in [1.54, 1.807) is 12.1 Å². The summed E-state index contributed by atoms with van der Waals surface area (Å²) < 4.78 is 22.7. The number of hydrogen-bond donors (Lipinski definition) is 2. The van der Waals surface area contributed by atoms with E-state index in [9.17, 15) is 13.2 Å². The molecule has 1 aliphatic rings. The van der Waals surface area contributed by atoms with E-state index < -0.39 is 10.0 Å². The molecule has 1 amide bonds. The molecule has 3 rings (SSSR count). The molecule has 0 aliphatic carbocycles. The number of nitrogens with two attached hydrogens (primary N) is 1. The molecular weight excluding hydrogens is 398 g/mol. The molecule has 3 N–H and O–H groups in total. The smallest absolute Gasteiger partial charge is 0.241 e. The molecular formula is C23H31N3O3S. The first-order chi connectivity index (χ1) is 14.2. The highest BCUT2D eigenvalue weighted by Crippen LogP contribution is 2.24. The summed E-state index contributed by atoms with van der Waals surface area (Å²) in [5, 5.41) is 7.97. The normalized spacial score (nSPS) is 16.9. The number of sulfonamides is 1. The van der Waals surface area contributed by atoms with Crippen molar-refractivity contribution in [3.63, 3.8) is 0 Å². The summed E-state index contributed by atoms with van der Waals surface area (Å²) in [4.78, 5) is 14.9. The number of nitrogens with zero attached hydrogens (tertiary/aromatic N) is 1. The number of benzene rings is 2. The largest absolute Gasteiger partial charge is 0.325 e. The Hall–Kier alpha value is -2.22. The number of carbonyl (C=O) groups excluding carboxylic acids is 1. The van der Waals surface area contributed by atoms with Gasteiger partial charge < -0.3 is 5.32 Å². The summed E-state index contributed by atoms with van der Waals surface area (Å²) in [6, 6.07) is 14.4. The fourth-order valence-electron chi connectivity index (χ4n) is 3.89. The van der Waals surface area contributed by atoms with Crippen molar-refractivity contribution in [2.24, 2.45) is 11.1 Å². The van der Waals surface area contributed by atoms with E-state index in [2.05, 4.69) is 41.4 Å². The van der Waals surface area contributed by atoms with Gasteiger partial charge >= 0.3 is 0 Å². The van der Waals surface area contributed by atoms with Gasteiger partial charge in [-0.15, -0.1) is 0 Å². The average molecular weight is 430 g/mol. The monoisotopic (exact) mass is 429 g/mol. The molecule has 7 heteroatoms. The van der Waals surface area contributed by atoms with Gasteiger partial charge in [0.2, 0.25) is 15.9 Å². The fraction of sp³-hybridized carbons (Fsp3) is 0.435. The molecule has 1 fully saturated rings. The quantitative estimate of drug-likeness (QED) is 0.706. The summed E-state index contributed by atoms with van der Waals surface area (Å²) >= 11 is 0. The van der Waals surface area contributed by atoms with Gasteiger partial charge in [-0.1, -0.05) is 29.8 Å². The van der Waals surface area contributed by atoms with E-state index in [1.165, 1.54) is 29.7 Å². The topological polar surface area (TPSA) is 92.5 Å². The molecule has 1 heterocycles. The Morgan fingerprint density at radius 3 is 2.27 bits per heavy atom. The third-order valence-corrected chi connectivity index (χ3v) is 6.92. The predicted octanol–water partition coefficient (Wildman–Crippen LogP) is 3.31. The molecule has 6 nitrogen and oxygen atoms in total. The Labute approximate surface area is 179 Å². The van der Waals surface area contributed by atoms with Crippen LogP contribution >= 0.6 is 0 Å². The van der Waals surface area contributed by atoms with Crippen molar-refractivity contribution >= 4 is 21.6 Å². The van der Waals surface area contributed by atoms with Gasteiger partial charge in [0.1, 0.15) is 0 Å². The van der Waals surface area contributed by atoms with Crippen molar-refractivity contribution in [2.75, 3.05) is 18.4 Å². The van der Waals surface area contributed by atoms with Crippen LogP contribution in [0.5, 0.6) is 0 Å². The standard InChI is InChI=1S/C23H31N3O3S/c1-17-3-5-19(6-4-17)7-8-20-13-15-26(16-14-20)18(2)23(27)25-21-9-11-22(12-10-21)30(24,28)29/h3-6,9-12,18,20H,7-8,13-16H2,1-2H3,(H,25,27)(H2,24,28,29). The third-order valence-electron chi connectivity index (χ3n) is 5.99. The molecule has 0 radical (unpaired) electrons. The van der Waals surface area contributed by atoms with E-state index >= 15 is 0 Å². The van der Waals surface area contributed by atoms with Crippen molar-refractivity contribution < 1.29 is 13.2 Å². The first-order valence-corrected chi connectivity index (χ1v) is 12.0. The maximum atomic E-state index is 12.6. The minimum absolute atomic E-state index is 0.0289. The van der Waals surface area contributed by atoms with E-state index in [0.29, 0.717) is 11.6 Å². The van der Waals surface area contributed by atoms with Crippen LogP contribution in [0.1, 0.15) is 37.3 Å². The molecule has 162 valence electrons. The Morgan fingerprint density at radius 2 is 1.70 bits per heavy atom. The molecule has 1 saturated heterocycles. The van der Waals surface area contributed by atoms with E-state index in [1.807, 2.05) is 6.92 Å². The van der Waals surface area contributed by atoms with Gasteiger partial charge in [0.05, 0.1) is 10.9 Å². The fourth-order valence-corrected chi connectivity index (χ4v) is 4.41. The van der Waals surface area contributed by atoms with Crippen molar-refractivity contribution in [3.8, 4) is 0 Å². The minimum Gasteiger partial charge on any atom is -0.325 e. The lowest BCUT2D eigenvalue weighted by atomic mass is 9.90. The van der Waals surface area contributed by atoms with Crippen LogP contribution in [0.3, 0.4) is 0 Å². The Bertz CT molecular complexity index is 948. The van der Waals surface area contributed by atoms with Crippen LogP contribution in [0.15, 0.2) is 53.4 Å².